The Balaban J connectivity index is 2.15. The molecule has 0 saturated heterocycles. The van der Waals surface area contributed by atoms with Crippen molar-refractivity contribution in [1.82, 2.24) is 0 Å². The predicted molar refractivity (Wildman–Crippen MR) is 71.3 cm³/mol. The number of nitrogens with zero attached hydrogens (tertiary/aromatic N) is 1. The normalized spacial score (nSPS) is 19.0. The number of fused-ring (bicyclic) bond motifs is 1. The summed E-state index contributed by atoms with van der Waals surface area (Å²) in [6, 6.07) is 6.66. The van der Waals surface area contributed by atoms with Crippen molar-refractivity contribution >= 4 is 5.69 Å². The molecule has 0 aliphatic carbocycles. The number of rotatable bonds is 4. The smallest absolute Gasteiger partial charge is 0.119 e. The minimum Gasteiger partial charge on any atom is -0.497 e. The molecule has 17 heavy (non-hydrogen) atoms. The summed E-state index contributed by atoms with van der Waals surface area (Å²) in [6.45, 7) is 2.22. The van der Waals surface area contributed by atoms with Crippen LogP contribution in [0.5, 0.6) is 5.75 Å². The minimum atomic E-state index is 0.496. The Morgan fingerprint density at radius 2 is 2.29 bits per heavy atom. The molecular weight excluding hydrogens is 212 g/mol. The molecule has 0 unspecified atom stereocenters. The number of benzene rings is 1. The highest BCUT2D eigenvalue weighted by Crippen LogP contribution is 2.32. The predicted octanol–water partition coefficient (Wildman–Crippen LogP) is 2.88. The molecular formula is C14H22N2O. The van der Waals surface area contributed by atoms with Crippen LogP contribution in [0.3, 0.4) is 0 Å². The maximum absolute atomic E-state index is 6.22. The van der Waals surface area contributed by atoms with Crippen molar-refractivity contribution in [2.24, 2.45) is 5.84 Å². The summed E-state index contributed by atoms with van der Waals surface area (Å²) >= 11 is 0. The Bertz CT molecular complexity index is 378. The lowest BCUT2D eigenvalue weighted by Crippen LogP contribution is -2.44. The number of hydrogen-bond donors (Lipinski definition) is 1. The van der Waals surface area contributed by atoms with E-state index in [1.807, 2.05) is 11.1 Å². The van der Waals surface area contributed by atoms with Gasteiger partial charge in [0, 0.05) is 6.04 Å². The van der Waals surface area contributed by atoms with Crippen LogP contribution in [0.4, 0.5) is 5.69 Å². The molecule has 1 atom stereocenters. The first-order chi connectivity index (χ1) is 8.26. The fourth-order valence-electron chi connectivity index (χ4n) is 2.52. The number of ether oxygens (including phenoxy) is 1. The van der Waals surface area contributed by atoms with Gasteiger partial charge in [0.1, 0.15) is 5.75 Å². The second kappa shape index (κ2) is 5.41. The van der Waals surface area contributed by atoms with Gasteiger partial charge in [-0.2, -0.15) is 0 Å². The number of aryl methyl sites for hydroxylation is 1. The summed E-state index contributed by atoms with van der Waals surface area (Å²) in [5.41, 5.74) is 2.47. The van der Waals surface area contributed by atoms with E-state index in [0.717, 1.165) is 24.3 Å². The number of unbranched alkanes of at least 4 members (excludes halogenated alkanes) is 1. The van der Waals surface area contributed by atoms with Crippen molar-refractivity contribution in [2.45, 2.75) is 45.1 Å². The Morgan fingerprint density at radius 3 is 3.00 bits per heavy atom. The molecule has 0 radical (unpaired) electrons. The Morgan fingerprint density at radius 1 is 1.47 bits per heavy atom. The summed E-state index contributed by atoms with van der Waals surface area (Å²) in [5, 5.41) is 1.95. The van der Waals surface area contributed by atoms with Gasteiger partial charge in [-0.15, -0.1) is 0 Å². The SMILES string of the molecule is CCCC[C@@H]1CCc2cc(OC)ccc2N1N. The second-order valence-corrected chi connectivity index (χ2v) is 4.74. The first-order valence-corrected chi connectivity index (χ1v) is 6.47. The van der Waals surface area contributed by atoms with Gasteiger partial charge in [-0.1, -0.05) is 19.8 Å². The first-order valence-electron chi connectivity index (χ1n) is 6.47. The third-order valence-corrected chi connectivity index (χ3v) is 3.60. The van der Waals surface area contributed by atoms with Crippen LogP contribution in [0.25, 0.3) is 0 Å². The van der Waals surface area contributed by atoms with Gasteiger partial charge >= 0.3 is 0 Å². The van der Waals surface area contributed by atoms with Crippen LogP contribution < -0.4 is 15.6 Å². The molecule has 1 aliphatic rings. The molecule has 2 rings (SSSR count). The molecule has 0 saturated carbocycles. The van der Waals surface area contributed by atoms with E-state index < -0.39 is 0 Å². The number of hydrazine groups is 1. The molecule has 1 aromatic rings. The topological polar surface area (TPSA) is 38.5 Å². The summed E-state index contributed by atoms with van der Waals surface area (Å²) in [6.07, 6.45) is 5.94. The molecule has 1 aromatic carbocycles. The third kappa shape index (κ3) is 2.55. The molecule has 0 amide bonds. The minimum absolute atomic E-state index is 0.496. The van der Waals surface area contributed by atoms with Crippen LogP contribution in [0.1, 0.15) is 38.2 Å². The van der Waals surface area contributed by atoms with Crippen molar-refractivity contribution in [3.8, 4) is 5.75 Å². The van der Waals surface area contributed by atoms with E-state index in [0.29, 0.717) is 6.04 Å². The zero-order valence-corrected chi connectivity index (χ0v) is 10.8. The number of methoxy groups -OCH3 is 1. The maximum atomic E-state index is 6.22. The van der Waals surface area contributed by atoms with E-state index in [4.69, 9.17) is 10.6 Å². The van der Waals surface area contributed by atoms with Gasteiger partial charge in [0.25, 0.3) is 0 Å². The van der Waals surface area contributed by atoms with Gasteiger partial charge in [0.2, 0.25) is 0 Å². The van der Waals surface area contributed by atoms with E-state index in [9.17, 15) is 0 Å². The molecule has 0 bridgehead atoms. The highest BCUT2D eigenvalue weighted by Gasteiger charge is 2.23. The average Bonchev–Trinajstić information content (AvgIpc) is 2.37. The molecule has 2 N–H and O–H groups in total. The second-order valence-electron chi connectivity index (χ2n) is 4.74. The average molecular weight is 234 g/mol. The van der Waals surface area contributed by atoms with Gasteiger partial charge < -0.3 is 9.75 Å². The summed E-state index contributed by atoms with van der Waals surface area (Å²) in [4.78, 5) is 0. The van der Waals surface area contributed by atoms with Crippen LogP contribution in [-0.4, -0.2) is 13.2 Å². The van der Waals surface area contributed by atoms with Crippen LogP contribution >= 0.6 is 0 Å². The van der Waals surface area contributed by atoms with Gasteiger partial charge in [0.05, 0.1) is 12.8 Å². The van der Waals surface area contributed by atoms with E-state index in [1.54, 1.807) is 7.11 Å². The molecule has 1 aliphatic heterocycles. The zero-order valence-electron chi connectivity index (χ0n) is 10.8. The first kappa shape index (κ1) is 12.2. The fraction of sp³-hybridized carbons (Fsp3) is 0.571. The molecule has 0 fully saturated rings. The van der Waals surface area contributed by atoms with Crippen LogP contribution in [0, 0.1) is 0 Å². The maximum Gasteiger partial charge on any atom is 0.119 e. The lowest BCUT2D eigenvalue weighted by atomic mass is 9.94. The molecule has 0 aromatic heterocycles. The quantitative estimate of drug-likeness (QED) is 0.814. The Labute approximate surface area is 104 Å². The van der Waals surface area contributed by atoms with E-state index >= 15 is 0 Å². The Hall–Kier alpha value is -1.22. The fourth-order valence-corrected chi connectivity index (χ4v) is 2.52. The largest absolute Gasteiger partial charge is 0.497 e. The number of anilines is 1. The highest BCUT2D eigenvalue weighted by atomic mass is 16.5. The number of nitrogens with two attached hydrogens (primary N) is 1. The summed E-state index contributed by atoms with van der Waals surface area (Å²) in [7, 11) is 1.70. The van der Waals surface area contributed by atoms with E-state index in [1.165, 1.54) is 24.8 Å². The van der Waals surface area contributed by atoms with Crippen molar-refractivity contribution in [2.75, 3.05) is 12.1 Å². The molecule has 3 heteroatoms. The lowest BCUT2D eigenvalue weighted by molar-refractivity contribution is 0.413. The number of hydrogen-bond acceptors (Lipinski definition) is 3. The van der Waals surface area contributed by atoms with Crippen LogP contribution in [0.2, 0.25) is 0 Å². The molecule has 3 nitrogen and oxygen atoms in total. The van der Waals surface area contributed by atoms with Gasteiger partial charge in [0.15, 0.2) is 0 Å². The van der Waals surface area contributed by atoms with Crippen molar-refractivity contribution in [1.29, 1.82) is 0 Å². The lowest BCUT2D eigenvalue weighted by Gasteiger charge is -2.35. The van der Waals surface area contributed by atoms with Crippen molar-refractivity contribution in [3.05, 3.63) is 23.8 Å². The van der Waals surface area contributed by atoms with E-state index in [2.05, 4.69) is 19.1 Å². The molecule has 94 valence electrons. The highest BCUT2D eigenvalue weighted by molar-refractivity contribution is 5.57. The zero-order chi connectivity index (χ0) is 12.3. The van der Waals surface area contributed by atoms with Gasteiger partial charge in [-0.05, 0) is 43.0 Å². The van der Waals surface area contributed by atoms with Crippen molar-refractivity contribution in [3.63, 3.8) is 0 Å². The van der Waals surface area contributed by atoms with Crippen LogP contribution in [-0.2, 0) is 6.42 Å². The van der Waals surface area contributed by atoms with Crippen LogP contribution in [0.15, 0.2) is 18.2 Å². The monoisotopic (exact) mass is 234 g/mol. The Kier molecular flexibility index (Phi) is 3.89. The molecule has 0 spiro atoms. The summed E-state index contributed by atoms with van der Waals surface area (Å²) in [5.74, 6) is 7.14. The summed E-state index contributed by atoms with van der Waals surface area (Å²) < 4.78 is 5.25. The van der Waals surface area contributed by atoms with E-state index in [-0.39, 0.29) is 0 Å². The van der Waals surface area contributed by atoms with Gasteiger partial charge in [-0.3, -0.25) is 0 Å². The van der Waals surface area contributed by atoms with Gasteiger partial charge in [-0.25, -0.2) is 5.84 Å². The standard InChI is InChI=1S/C14H22N2O/c1-3-4-5-12-7-6-11-10-13(17-2)8-9-14(11)16(12)15/h8-10,12H,3-7,15H2,1-2H3/t12-/m1/s1. The molecule has 1 heterocycles. The van der Waals surface area contributed by atoms with Crippen molar-refractivity contribution < 1.29 is 4.74 Å². The third-order valence-electron chi connectivity index (χ3n) is 3.60.